The Balaban J connectivity index is 2.67. The molecule has 1 rings (SSSR count). The van der Waals surface area contributed by atoms with Crippen molar-refractivity contribution in [2.24, 2.45) is 11.7 Å². The molecule has 0 saturated heterocycles. The lowest BCUT2D eigenvalue weighted by molar-refractivity contribution is 0.406. The molecule has 0 aliphatic rings. The van der Waals surface area contributed by atoms with Crippen molar-refractivity contribution >= 4 is 23.2 Å². The molecule has 1 atom stereocenters. The number of hydrogen-bond donors (Lipinski definition) is 1. The van der Waals surface area contributed by atoms with Crippen LogP contribution in [-0.4, -0.2) is 13.2 Å². The van der Waals surface area contributed by atoms with Gasteiger partial charge >= 0.3 is 0 Å². The fourth-order valence-electron chi connectivity index (χ4n) is 1.89. The molecular formula is C14H21Cl2NO. The van der Waals surface area contributed by atoms with Crippen LogP contribution < -0.4 is 10.5 Å². The Morgan fingerprint density at radius 2 is 1.94 bits per heavy atom. The third-order valence-corrected chi connectivity index (χ3v) is 3.63. The van der Waals surface area contributed by atoms with Crippen LogP contribution in [0.1, 0.15) is 32.3 Å². The topological polar surface area (TPSA) is 35.2 Å². The fourth-order valence-corrected chi connectivity index (χ4v) is 2.50. The van der Waals surface area contributed by atoms with Crippen molar-refractivity contribution in [1.29, 1.82) is 0 Å². The van der Waals surface area contributed by atoms with E-state index in [-0.39, 0.29) is 6.04 Å². The number of benzene rings is 1. The zero-order valence-electron chi connectivity index (χ0n) is 11.2. The quantitative estimate of drug-likeness (QED) is 0.847. The number of hydrogen-bond acceptors (Lipinski definition) is 2. The maximum absolute atomic E-state index is 6.09. The molecule has 0 aromatic heterocycles. The smallest absolute Gasteiger partial charge is 0.140 e. The largest absolute Gasteiger partial charge is 0.495 e. The van der Waals surface area contributed by atoms with E-state index >= 15 is 0 Å². The third-order valence-electron chi connectivity index (χ3n) is 3.13. The standard InChI is InChI=1S/C14H21Cl2NO/c1-9(2)13(17)6-4-5-10-7-11(15)8-12(16)14(10)18-3/h7-9,13H,4-6,17H2,1-3H3. The van der Waals surface area contributed by atoms with Crippen molar-refractivity contribution in [2.75, 3.05) is 7.11 Å². The SMILES string of the molecule is COc1c(Cl)cc(Cl)cc1CCCC(N)C(C)C. The summed E-state index contributed by atoms with van der Waals surface area (Å²) in [5, 5.41) is 1.21. The molecule has 0 aliphatic carbocycles. The van der Waals surface area contributed by atoms with Gasteiger partial charge in [-0.05, 0) is 42.9 Å². The van der Waals surface area contributed by atoms with E-state index in [2.05, 4.69) is 13.8 Å². The van der Waals surface area contributed by atoms with E-state index in [0.717, 1.165) is 30.6 Å². The Bertz CT molecular complexity index is 394. The molecule has 2 N–H and O–H groups in total. The molecule has 1 unspecified atom stereocenters. The highest BCUT2D eigenvalue weighted by Gasteiger charge is 2.11. The van der Waals surface area contributed by atoms with Gasteiger partial charge in [0, 0.05) is 11.1 Å². The highest BCUT2D eigenvalue weighted by molar-refractivity contribution is 6.35. The van der Waals surface area contributed by atoms with Gasteiger partial charge in [-0.2, -0.15) is 0 Å². The highest BCUT2D eigenvalue weighted by atomic mass is 35.5. The Labute approximate surface area is 119 Å². The van der Waals surface area contributed by atoms with Crippen molar-refractivity contribution < 1.29 is 4.74 Å². The number of ether oxygens (including phenoxy) is 1. The monoisotopic (exact) mass is 289 g/mol. The molecule has 0 aliphatic heterocycles. The van der Waals surface area contributed by atoms with Gasteiger partial charge in [0.15, 0.2) is 0 Å². The first-order chi connectivity index (χ1) is 8.45. The number of methoxy groups -OCH3 is 1. The second-order valence-corrected chi connectivity index (χ2v) is 5.72. The molecule has 2 nitrogen and oxygen atoms in total. The summed E-state index contributed by atoms with van der Waals surface area (Å²) in [6.45, 7) is 4.28. The summed E-state index contributed by atoms with van der Waals surface area (Å²) in [4.78, 5) is 0. The van der Waals surface area contributed by atoms with Crippen molar-refractivity contribution in [1.82, 2.24) is 0 Å². The molecule has 1 aromatic carbocycles. The second-order valence-electron chi connectivity index (χ2n) is 4.88. The fraction of sp³-hybridized carbons (Fsp3) is 0.571. The molecule has 1 aromatic rings. The van der Waals surface area contributed by atoms with Crippen LogP contribution in [0.4, 0.5) is 0 Å². The van der Waals surface area contributed by atoms with Crippen LogP contribution in [0.25, 0.3) is 0 Å². The van der Waals surface area contributed by atoms with E-state index in [1.807, 2.05) is 6.07 Å². The predicted octanol–water partition coefficient (Wildman–Crippen LogP) is 4.31. The van der Waals surface area contributed by atoms with E-state index in [0.29, 0.717) is 16.0 Å². The Hall–Kier alpha value is -0.440. The molecule has 0 fully saturated rings. The van der Waals surface area contributed by atoms with Crippen molar-refractivity contribution in [3.05, 3.63) is 27.7 Å². The van der Waals surface area contributed by atoms with Gasteiger partial charge in [-0.25, -0.2) is 0 Å². The summed E-state index contributed by atoms with van der Waals surface area (Å²) in [5.41, 5.74) is 7.07. The van der Waals surface area contributed by atoms with E-state index in [9.17, 15) is 0 Å². The minimum absolute atomic E-state index is 0.241. The molecule has 0 amide bonds. The Morgan fingerprint density at radius 1 is 1.28 bits per heavy atom. The molecule has 18 heavy (non-hydrogen) atoms. The maximum atomic E-state index is 6.09. The Kier molecular flexibility index (Phi) is 6.27. The molecule has 4 heteroatoms. The summed E-state index contributed by atoms with van der Waals surface area (Å²) >= 11 is 12.1. The minimum atomic E-state index is 0.241. The lowest BCUT2D eigenvalue weighted by Gasteiger charge is -2.16. The first-order valence-corrected chi connectivity index (χ1v) is 6.98. The molecule has 0 radical (unpaired) electrons. The second kappa shape index (κ2) is 7.22. The van der Waals surface area contributed by atoms with Crippen molar-refractivity contribution in [3.63, 3.8) is 0 Å². The van der Waals surface area contributed by atoms with Crippen LogP contribution in [0, 0.1) is 5.92 Å². The summed E-state index contributed by atoms with van der Waals surface area (Å²) in [5.74, 6) is 1.23. The van der Waals surface area contributed by atoms with Crippen molar-refractivity contribution in [3.8, 4) is 5.75 Å². The average molecular weight is 290 g/mol. The van der Waals surface area contributed by atoms with Gasteiger partial charge in [0.05, 0.1) is 12.1 Å². The van der Waals surface area contributed by atoms with Crippen molar-refractivity contribution in [2.45, 2.75) is 39.2 Å². The first-order valence-electron chi connectivity index (χ1n) is 6.23. The van der Waals surface area contributed by atoms with E-state index < -0.39 is 0 Å². The number of aryl methyl sites for hydroxylation is 1. The van der Waals surface area contributed by atoms with Crippen LogP contribution in [0.5, 0.6) is 5.75 Å². The molecule has 0 bridgehead atoms. The van der Waals surface area contributed by atoms with Crippen LogP contribution in [0.2, 0.25) is 10.0 Å². The van der Waals surface area contributed by atoms with E-state index in [1.54, 1.807) is 13.2 Å². The lowest BCUT2D eigenvalue weighted by atomic mass is 9.97. The predicted molar refractivity (Wildman–Crippen MR) is 78.8 cm³/mol. The molecule has 102 valence electrons. The van der Waals surface area contributed by atoms with Crippen LogP contribution in [-0.2, 0) is 6.42 Å². The van der Waals surface area contributed by atoms with E-state index in [1.165, 1.54) is 0 Å². The molecule has 0 heterocycles. The van der Waals surface area contributed by atoms with Crippen LogP contribution in [0.15, 0.2) is 12.1 Å². The van der Waals surface area contributed by atoms with Gasteiger partial charge in [0.1, 0.15) is 5.75 Å². The van der Waals surface area contributed by atoms with E-state index in [4.69, 9.17) is 33.7 Å². The van der Waals surface area contributed by atoms with Crippen LogP contribution in [0.3, 0.4) is 0 Å². The van der Waals surface area contributed by atoms with Gasteiger partial charge in [0.25, 0.3) is 0 Å². The van der Waals surface area contributed by atoms with Gasteiger partial charge in [0.2, 0.25) is 0 Å². The summed E-state index contributed by atoms with van der Waals surface area (Å²) in [6, 6.07) is 3.85. The molecule has 0 saturated carbocycles. The van der Waals surface area contributed by atoms with Gasteiger partial charge in [-0.3, -0.25) is 0 Å². The Morgan fingerprint density at radius 3 is 2.50 bits per heavy atom. The maximum Gasteiger partial charge on any atom is 0.140 e. The number of halogens is 2. The third kappa shape index (κ3) is 4.34. The zero-order valence-corrected chi connectivity index (χ0v) is 12.7. The van der Waals surface area contributed by atoms with Gasteiger partial charge < -0.3 is 10.5 Å². The average Bonchev–Trinajstić information content (AvgIpc) is 2.28. The summed E-state index contributed by atoms with van der Waals surface area (Å²) in [6.07, 6.45) is 2.88. The molecular weight excluding hydrogens is 269 g/mol. The highest BCUT2D eigenvalue weighted by Crippen LogP contribution is 2.33. The number of nitrogens with two attached hydrogens (primary N) is 1. The first kappa shape index (κ1) is 15.6. The lowest BCUT2D eigenvalue weighted by Crippen LogP contribution is -2.26. The van der Waals surface area contributed by atoms with Crippen LogP contribution >= 0.6 is 23.2 Å². The van der Waals surface area contributed by atoms with Gasteiger partial charge in [-0.15, -0.1) is 0 Å². The number of rotatable bonds is 6. The van der Waals surface area contributed by atoms with Gasteiger partial charge in [-0.1, -0.05) is 37.0 Å². The summed E-state index contributed by atoms with van der Waals surface area (Å²) in [7, 11) is 1.62. The zero-order chi connectivity index (χ0) is 13.7. The summed E-state index contributed by atoms with van der Waals surface area (Å²) < 4.78 is 5.31. The molecule has 0 spiro atoms. The normalized spacial score (nSPS) is 12.8. The minimum Gasteiger partial charge on any atom is -0.495 e.